The topological polar surface area (TPSA) is 64.6 Å². The number of ether oxygens (including phenoxy) is 2. The van der Waals surface area contributed by atoms with Gasteiger partial charge in [-0.3, -0.25) is 0 Å². The van der Waals surface area contributed by atoms with E-state index in [1.807, 2.05) is 17.5 Å². The van der Waals surface area contributed by atoms with Gasteiger partial charge in [-0.15, -0.1) is 11.3 Å². The van der Waals surface area contributed by atoms with E-state index in [1.54, 1.807) is 12.1 Å². The number of sulfonamides is 1. The largest absolute Gasteiger partial charge is 0.493 e. The zero-order valence-corrected chi connectivity index (χ0v) is 16.3. The van der Waals surface area contributed by atoms with Gasteiger partial charge in [0.25, 0.3) is 0 Å². The van der Waals surface area contributed by atoms with Gasteiger partial charge in [0.15, 0.2) is 11.5 Å². The molecule has 5 nitrogen and oxygen atoms in total. The highest BCUT2D eigenvalue weighted by Gasteiger charge is 2.25. The molecule has 0 aliphatic heterocycles. The summed E-state index contributed by atoms with van der Waals surface area (Å²) in [6.45, 7) is 0. The van der Waals surface area contributed by atoms with E-state index in [0.29, 0.717) is 17.1 Å². The highest BCUT2D eigenvalue weighted by atomic mass is 32.2. The van der Waals surface area contributed by atoms with Crippen molar-refractivity contribution in [3.05, 3.63) is 76.2 Å². The lowest BCUT2D eigenvalue weighted by Crippen LogP contribution is -2.29. The molecule has 0 amide bonds. The lowest BCUT2D eigenvalue weighted by Gasteiger charge is -2.19. The van der Waals surface area contributed by atoms with Gasteiger partial charge in [0.2, 0.25) is 10.0 Å². The van der Waals surface area contributed by atoms with Gasteiger partial charge in [-0.05, 0) is 41.3 Å². The minimum Gasteiger partial charge on any atom is -0.493 e. The summed E-state index contributed by atoms with van der Waals surface area (Å²) >= 11 is 1.41. The van der Waals surface area contributed by atoms with Crippen molar-refractivity contribution < 1.29 is 22.3 Å². The molecule has 1 aromatic heterocycles. The summed E-state index contributed by atoms with van der Waals surface area (Å²) in [6.07, 6.45) is 0. The summed E-state index contributed by atoms with van der Waals surface area (Å²) < 4.78 is 52.3. The summed E-state index contributed by atoms with van der Waals surface area (Å²) in [7, 11) is -0.957. The van der Waals surface area contributed by atoms with Crippen molar-refractivity contribution in [1.82, 2.24) is 4.72 Å². The first kappa shape index (κ1) is 19.3. The normalized spacial score (nSPS) is 12.6. The Hall–Kier alpha value is -2.42. The predicted octanol–water partition coefficient (Wildman–Crippen LogP) is 3.97. The molecule has 2 aromatic carbocycles. The molecule has 3 rings (SSSR count). The Balaban J connectivity index is 1.99. The maximum atomic E-state index is 13.3. The van der Waals surface area contributed by atoms with Gasteiger partial charge >= 0.3 is 0 Å². The highest BCUT2D eigenvalue weighted by molar-refractivity contribution is 7.89. The van der Waals surface area contributed by atoms with Crippen molar-refractivity contribution in [3.63, 3.8) is 0 Å². The molecule has 3 aromatic rings. The van der Waals surface area contributed by atoms with Crippen LogP contribution < -0.4 is 14.2 Å². The van der Waals surface area contributed by atoms with E-state index in [2.05, 4.69) is 4.72 Å². The van der Waals surface area contributed by atoms with Crippen LogP contribution in [-0.4, -0.2) is 22.6 Å². The summed E-state index contributed by atoms with van der Waals surface area (Å²) in [6, 6.07) is 13.2. The minimum atomic E-state index is -3.87. The third kappa shape index (κ3) is 4.29. The van der Waals surface area contributed by atoms with Gasteiger partial charge in [-0.25, -0.2) is 12.8 Å². The van der Waals surface area contributed by atoms with E-state index in [-0.39, 0.29) is 10.7 Å². The number of thiophene rings is 1. The molecule has 0 fully saturated rings. The van der Waals surface area contributed by atoms with Crippen LogP contribution in [0, 0.1) is 5.82 Å². The second-order valence-electron chi connectivity index (χ2n) is 5.64. The molecule has 1 atom stereocenters. The summed E-state index contributed by atoms with van der Waals surface area (Å²) in [4.78, 5) is 0.842. The van der Waals surface area contributed by atoms with Crippen molar-refractivity contribution in [2.45, 2.75) is 10.9 Å². The molecular formula is C19H18FNO4S2. The number of hydrogen-bond donors (Lipinski definition) is 1. The zero-order chi connectivity index (χ0) is 19.4. The van der Waals surface area contributed by atoms with E-state index in [9.17, 15) is 12.8 Å². The van der Waals surface area contributed by atoms with Gasteiger partial charge in [-0.1, -0.05) is 18.2 Å². The average molecular weight is 407 g/mol. The number of rotatable bonds is 7. The van der Waals surface area contributed by atoms with E-state index < -0.39 is 16.1 Å². The highest BCUT2D eigenvalue weighted by Crippen LogP contribution is 2.32. The average Bonchev–Trinajstić information content (AvgIpc) is 3.21. The molecule has 0 spiro atoms. The molecule has 8 heteroatoms. The maximum absolute atomic E-state index is 13.3. The molecule has 0 unspecified atom stereocenters. The predicted molar refractivity (Wildman–Crippen MR) is 102 cm³/mol. The molecular weight excluding hydrogens is 389 g/mol. The van der Waals surface area contributed by atoms with Gasteiger partial charge in [0.05, 0.1) is 25.2 Å². The first-order valence-electron chi connectivity index (χ1n) is 7.98. The van der Waals surface area contributed by atoms with Crippen molar-refractivity contribution in [3.8, 4) is 11.5 Å². The second kappa shape index (κ2) is 8.08. The molecule has 1 heterocycles. The van der Waals surface area contributed by atoms with Crippen molar-refractivity contribution in [1.29, 1.82) is 0 Å². The SMILES string of the molecule is COc1ccc(S(=O)(=O)N[C@H](c2ccc(F)cc2)c2cccs2)cc1OC. The molecule has 27 heavy (non-hydrogen) atoms. The first-order chi connectivity index (χ1) is 12.9. The fourth-order valence-corrected chi connectivity index (χ4v) is 4.70. The Kier molecular flexibility index (Phi) is 5.79. The molecule has 0 bridgehead atoms. The van der Waals surface area contributed by atoms with Gasteiger partial charge in [0, 0.05) is 10.9 Å². The van der Waals surface area contributed by atoms with E-state index in [0.717, 1.165) is 4.88 Å². The lowest BCUT2D eigenvalue weighted by molar-refractivity contribution is 0.354. The molecule has 142 valence electrons. The van der Waals surface area contributed by atoms with Crippen LogP contribution in [0.4, 0.5) is 4.39 Å². The summed E-state index contributed by atoms with van der Waals surface area (Å²) in [5, 5.41) is 1.86. The molecule has 1 N–H and O–H groups in total. The van der Waals surface area contributed by atoms with E-state index in [4.69, 9.17) is 9.47 Å². The third-order valence-corrected chi connectivity index (χ3v) is 6.33. The van der Waals surface area contributed by atoms with Gasteiger partial charge < -0.3 is 9.47 Å². The maximum Gasteiger partial charge on any atom is 0.241 e. The van der Waals surface area contributed by atoms with E-state index >= 15 is 0 Å². The summed E-state index contributed by atoms with van der Waals surface area (Å²) in [5.41, 5.74) is 0.642. The Morgan fingerprint density at radius 3 is 2.30 bits per heavy atom. The Morgan fingerprint density at radius 2 is 1.70 bits per heavy atom. The lowest BCUT2D eigenvalue weighted by atomic mass is 10.1. The standard InChI is InChI=1S/C19H18FNO4S2/c1-24-16-10-9-15(12-17(16)25-2)27(22,23)21-19(18-4-3-11-26-18)13-5-7-14(20)8-6-13/h3-12,19,21H,1-2H3/t19-/m1/s1. The Labute approximate surface area is 161 Å². The molecule has 0 saturated carbocycles. The Morgan fingerprint density at radius 1 is 1.00 bits per heavy atom. The summed E-state index contributed by atoms with van der Waals surface area (Å²) in [5.74, 6) is 0.367. The number of hydrogen-bond acceptors (Lipinski definition) is 5. The fourth-order valence-electron chi connectivity index (χ4n) is 2.61. The van der Waals surface area contributed by atoms with Crippen LogP contribution in [0.2, 0.25) is 0 Å². The zero-order valence-electron chi connectivity index (χ0n) is 14.7. The number of benzene rings is 2. The number of nitrogens with one attached hydrogen (secondary N) is 1. The first-order valence-corrected chi connectivity index (χ1v) is 10.3. The van der Waals surface area contributed by atoms with Crippen LogP contribution >= 0.6 is 11.3 Å². The van der Waals surface area contributed by atoms with Gasteiger partial charge in [0.1, 0.15) is 5.82 Å². The smallest absolute Gasteiger partial charge is 0.241 e. The van der Waals surface area contributed by atoms with Crippen molar-refractivity contribution >= 4 is 21.4 Å². The number of methoxy groups -OCH3 is 2. The van der Waals surface area contributed by atoms with E-state index in [1.165, 1.54) is 55.9 Å². The van der Waals surface area contributed by atoms with Crippen LogP contribution in [0.3, 0.4) is 0 Å². The second-order valence-corrected chi connectivity index (χ2v) is 8.33. The van der Waals surface area contributed by atoms with Crippen LogP contribution in [0.15, 0.2) is 64.9 Å². The van der Waals surface area contributed by atoms with Crippen LogP contribution in [0.25, 0.3) is 0 Å². The van der Waals surface area contributed by atoms with Crippen LogP contribution in [-0.2, 0) is 10.0 Å². The van der Waals surface area contributed by atoms with Crippen LogP contribution in [0.5, 0.6) is 11.5 Å². The van der Waals surface area contributed by atoms with Crippen molar-refractivity contribution in [2.75, 3.05) is 14.2 Å². The van der Waals surface area contributed by atoms with Gasteiger partial charge in [-0.2, -0.15) is 4.72 Å². The van der Waals surface area contributed by atoms with Crippen LogP contribution in [0.1, 0.15) is 16.5 Å². The fraction of sp³-hybridized carbons (Fsp3) is 0.158. The molecule has 0 saturated heterocycles. The van der Waals surface area contributed by atoms with Crippen molar-refractivity contribution in [2.24, 2.45) is 0 Å². The molecule has 0 radical (unpaired) electrons. The quantitative estimate of drug-likeness (QED) is 0.644. The minimum absolute atomic E-state index is 0.0452. The molecule has 0 aliphatic carbocycles. The number of halogens is 1. The molecule has 0 aliphatic rings. The Bertz CT molecular complexity index is 1000. The third-order valence-electron chi connectivity index (χ3n) is 3.97. The monoisotopic (exact) mass is 407 g/mol.